The van der Waals surface area contributed by atoms with Crippen molar-refractivity contribution in [3.05, 3.63) is 36.5 Å². The Morgan fingerprint density at radius 2 is 0.704 bits per heavy atom. The molecule has 0 radical (unpaired) electrons. The second-order valence-corrected chi connectivity index (χ2v) is 27.4. The molecular formula is C72H142N2O6P+. The maximum absolute atomic E-state index is 13.1. The number of carbonyl (C=O) groups is 1. The molecule has 3 N–H and O–H groups in total. The number of quaternary nitrogens is 1. The molecule has 0 aromatic carbocycles. The van der Waals surface area contributed by atoms with Crippen LogP contribution in [0.1, 0.15) is 367 Å². The molecule has 480 valence electrons. The Bertz CT molecular complexity index is 1410. The summed E-state index contributed by atoms with van der Waals surface area (Å²) in [6.45, 7) is 4.88. The Labute approximate surface area is 506 Å². The average molecular weight is 1160 g/mol. The molecule has 0 saturated carbocycles. The first-order valence-corrected chi connectivity index (χ1v) is 37.4. The zero-order valence-electron chi connectivity index (χ0n) is 55.1. The maximum atomic E-state index is 13.1. The first kappa shape index (κ1) is 79.7. The van der Waals surface area contributed by atoms with Crippen LogP contribution in [0, 0.1) is 0 Å². The fraction of sp³-hybridized carbons (Fsp3) is 0.903. The van der Waals surface area contributed by atoms with E-state index in [4.69, 9.17) is 9.05 Å². The number of hydrogen-bond donors (Lipinski definition) is 3. The lowest BCUT2D eigenvalue weighted by molar-refractivity contribution is -0.870. The normalized spacial score (nSPS) is 13.8. The second kappa shape index (κ2) is 63.2. The van der Waals surface area contributed by atoms with E-state index in [2.05, 4.69) is 43.5 Å². The Kier molecular flexibility index (Phi) is 62.2. The maximum Gasteiger partial charge on any atom is 0.472 e. The number of aliphatic hydroxyl groups is 1. The molecule has 81 heavy (non-hydrogen) atoms. The van der Waals surface area contributed by atoms with Crippen molar-refractivity contribution in [2.75, 3.05) is 40.9 Å². The van der Waals surface area contributed by atoms with Gasteiger partial charge in [-0.2, -0.15) is 0 Å². The van der Waals surface area contributed by atoms with E-state index in [0.717, 1.165) is 38.5 Å². The monoisotopic (exact) mass is 1160 g/mol. The molecule has 1 amide bonds. The van der Waals surface area contributed by atoms with Crippen LogP contribution in [-0.2, 0) is 18.4 Å². The number of aliphatic hydroxyl groups excluding tert-OH is 1. The third-order valence-corrected chi connectivity index (χ3v) is 17.6. The van der Waals surface area contributed by atoms with Gasteiger partial charge in [0.05, 0.1) is 39.9 Å². The van der Waals surface area contributed by atoms with Gasteiger partial charge in [0.25, 0.3) is 0 Å². The highest BCUT2D eigenvalue weighted by Crippen LogP contribution is 2.43. The van der Waals surface area contributed by atoms with Crippen LogP contribution in [-0.4, -0.2) is 73.4 Å². The van der Waals surface area contributed by atoms with Gasteiger partial charge in [-0.25, -0.2) is 4.57 Å². The van der Waals surface area contributed by atoms with Crippen molar-refractivity contribution in [2.24, 2.45) is 0 Å². The number of nitrogens with zero attached hydrogens (tertiary/aromatic N) is 1. The molecule has 3 atom stereocenters. The average Bonchev–Trinajstić information content (AvgIpc) is 3.43. The van der Waals surface area contributed by atoms with Crippen molar-refractivity contribution >= 4 is 13.7 Å². The SMILES string of the molecule is CCCCCCCCCCCCC/C=C\C/C=C\CCCCCCCCCCCCCCCCCCCC(=O)NC(COP(=O)(O)OCC[N+](C)(C)C)C(O)/C=C/CCCCCCCCCCCCCCCCCCCCCCCC. The highest BCUT2D eigenvalue weighted by Gasteiger charge is 2.28. The Balaban J connectivity index is 4.01. The van der Waals surface area contributed by atoms with Gasteiger partial charge >= 0.3 is 7.82 Å². The molecule has 0 aromatic rings. The lowest BCUT2D eigenvalue weighted by Crippen LogP contribution is -2.45. The van der Waals surface area contributed by atoms with Crippen LogP contribution in [0.2, 0.25) is 0 Å². The van der Waals surface area contributed by atoms with Crippen LogP contribution >= 0.6 is 7.82 Å². The number of carbonyl (C=O) groups excluding carboxylic acids is 1. The van der Waals surface area contributed by atoms with Gasteiger partial charge in [0.15, 0.2) is 0 Å². The highest BCUT2D eigenvalue weighted by molar-refractivity contribution is 7.47. The van der Waals surface area contributed by atoms with E-state index in [9.17, 15) is 19.4 Å². The number of allylic oxidation sites excluding steroid dienone is 5. The minimum atomic E-state index is -4.35. The summed E-state index contributed by atoms with van der Waals surface area (Å²) in [5, 5.41) is 14.0. The summed E-state index contributed by atoms with van der Waals surface area (Å²) in [4.78, 5) is 23.4. The molecule has 3 unspecified atom stereocenters. The molecule has 0 saturated heterocycles. The zero-order valence-corrected chi connectivity index (χ0v) is 55.9. The number of phosphoric acid groups is 1. The molecule has 0 aliphatic carbocycles. The van der Waals surface area contributed by atoms with Crippen LogP contribution in [0.15, 0.2) is 36.5 Å². The van der Waals surface area contributed by atoms with Crippen molar-refractivity contribution in [2.45, 2.75) is 379 Å². The topological polar surface area (TPSA) is 105 Å². The minimum absolute atomic E-state index is 0.0633. The standard InChI is InChI=1S/C72H141N2O6P/c1-6-8-10-12-14-16-18-20-22-24-26-28-30-32-33-34-35-36-37-38-39-40-41-42-44-46-48-50-52-54-56-58-60-62-64-66-72(76)73-70(69-80-81(77,78)79-68-67-74(3,4)5)71(75)65-63-61-59-57-55-53-51-49-47-45-43-31-29-27-25-23-21-19-17-15-13-11-9-7-2/h30,32,34-35,63,65,70-71,75H,6-29,31,33,36-62,64,66-69H2,1-5H3,(H-,73,76,77,78)/p+1/b32-30-,35-34-,65-63+. The second-order valence-electron chi connectivity index (χ2n) is 26.0. The predicted molar refractivity (Wildman–Crippen MR) is 355 cm³/mol. The first-order valence-electron chi connectivity index (χ1n) is 35.9. The van der Waals surface area contributed by atoms with Gasteiger partial charge in [-0.3, -0.25) is 13.8 Å². The van der Waals surface area contributed by atoms with E-state index in [1.54, 1.807) is 6.08 Å². The van der Waals surface area contributed by atoms with Crippen LogP contribution in [0.25, 0.3) is 0 Å². The summed E-state index contributed by atoms with van der Waals surface area (Å²) >= 11 is 0. The number of phosphoric ester groups is 1. The predicted octanol–water partition coefficient (Wildman–Crippen LogP) is 22.8. The van der Waals surface area contributed by atoms with E-state index in [1.807, 2.05) is 27.2 Å². The number of rotatable bonds is 67. The zero-order chi connectivity index (χ0) is 59.1. The number of nitrogens with one attached hydrogen (secondary N) is 1. The molecular weight excluding hydrogens is 1020 g/mol. The van der Waals surface area contributed by atoms with Crippen LogP contribution in [0.5, 0.6) is 0 Å². The fourth-order valence-corrected chi connectivity index (χ4v) is 11.8. The highest BCUT2D eigenvalue weighted by atomic mass is 31.2. The van der Waals surface area contributed by atoms with Gasteiger partial charge in [0.1, 0.15) is 13.2 Å². The van der Waals surface area contributed by atoms with E-state index in [0.29, 0.717) is 17.4 Å². The van der Waals surface area contributed by atoms with Gasteiger partial charge in [-0.05, 0) is 51.4 Å². The summed E-state index contributed by atoms with van der Waals surface area (Å²) in [6, 6.07) is -0.847. The van der Waals surface area contributed by atoms with Gasteiger partial charge in [0, 0.05) is 6.42 Å². The molecule has 0 fully saturated rings. The largest absolute Gasteiger partial charge is 0.472 e. The number of amides is 1. The fourth-order valence-electron chi connectivity index (χ4n) is 11.0. The molecule has 0 aliphatic rings. The smallest absolute Gasteiger partial charge is 0.387 e. The van der Waals surface area contributed by atoms with Crippen molar-refractivity contribution in [3.63, 3.8) is 0 Å². The third-order valence-electron chi connectivity index (χ3n) is 16.6. The summed E-state index contributed by atoms with van der Waals surface area (Å²) in [7, 11) is 1.59. The summed E-state index contributed by atoms with van der Waals surface area (Å²) in [6.07, 6.45) is 84.4. The van der Waals surface area contributed by atoms with Gasteiger partial charge in [-0.1, -0.05) is 346 Å². The lowest BCUT2D eigenvalue weighted by Gasteiger charge is -2.25. The van der Waals surface area contributed by atoms with Gasteiger partial charge in [-0.15, -0.1) is 0 Å². The minimum Gasteiger partial charge on any atom is -0.387 e. The van der Waals surface area contributed by atoms with E-state index < -0.39 is 20.0 Å². The van der Waals surface area contributed by atoms with Crippen LogP contribution in [0.3, 0.4) is 0 Å². The summed E-state index contributed by atoms with van der Waals surface area (Å²) < 4.78 is 23.8. The molecule has 0 aliphatic heterocycles. The first-order chi connectivity index (χ1) is 39.5. The Morgan fingerprint density at radius 3 is 1.01 bits per heavy atom. The van der Waals surface area contributed by atoms with E-state index >= 15 is 0 Å². The third kappa shape index (κ3) is 66.1. The molecule has 0 spiro atoms. The number of hydrogen-bond acceptors (Lipinski definition) is 5. The molecule has 0 aromatic heterocycles. The molecule has 0 bridgehead atoms. The van der Waals surface area contributed by atoms with Crippen molar-refractivity contribution in [1.82, 2.24) is 5.32 Å². The molecule has 8 nitrogen and oxygen atoms in total. The lowest BCUT2D eigenvalue weighted by atomic mass is 10.0. The summed E-state index contributed by atoms with van der Waals surface area (Å²) in [5.74, 6) is -0.170. The molecule has 0 rings (SSSR count). The van der Waals surface area contributed by atoms with Crippen LogP contribution < -0.4 is 5.32 Å². The van der Waals surface area contributed by atoms with Crippen molar-refractivity contribution in [1.29, 1.82) is 0 Å². The Morgan fingerprint density at radius 1 is 0.420 bits per heavy atom. The van der Waals surface area contributed by atoms with Gasteiger partial charge < -0.3 is 19.8 Å². The van der Waals surface area contributed by atoms with Crippen LogP contribution in [0.4, 0.5) is 0 Å². The number of unbranched alkanes of at least 4 members (excludes halogenated alkanes) is 50. The number of likely N-dealkylation sites (N-methyl/N-ethyl adjacent to an activating group) is 1. The molecule has 0 heterocycles. The van der Waals surface area contributed by atoms with E-state index in [1.165, 1.54) is 308 Å². The summed E-state index contributed by atoms with van der Waals surface area (Å²) in [5.41, 5.74) is 0. The quantitative estimate of drug-likeness (QED) is 0.0243. The molecule has 9 heteroatoms. The van der Waals surface area contributed by atoms with E-state index in [-0.39, 0.29) is 19.1 Å². The van der Waals surface area contributed by atoms with Crippen molar-refractivity contribution in [3.8, 4) is 0 Å². The van der Waals surface area contributed by atoms with Crippen molar-refractivity contribution < 1.29 is 32.9 Å². The van der Waals surface area contributed by atoms with Gasteiger partial charge in [0.2, 0.25) is 5.91 Å². The Hall–Kier alpha value is -1.28.